The summed E-state index contributed by atoms with van der Waals surface area (Å²) in [6.45, 7) is 12.2. The smallest absolute Gasteiger partial charge is 0.417 e. The van der Waals surface area contributed by atoms with Crippen LogP contribution >= 0.6 is 11.6 Å². The molecule has 5 amide bonds. The number of carbonyl (C=O) groups excluding carboxylic acids is 5. The van der Waals surface area contributed by atoms with Crippen LogP contribution in [0.2, 0.25) is 5.02 Å². The quantitative estimate of drug-likeness (QED) is 0.0460. The van der Waals surface area contributed by atoms with Crippen LogP contribution in [0.3, 0.4) is 0 Å². The Morgan fingerprint density at radius 1 is 0.489 bits per heavy atom. The van der Waals surface area contributed by atoms with Crippen LogP contribution in [0.4, 0.5) is 46.0 Å². The average Bonchev–Trinajstić information content (AvgIpc) is 1.61. The van der Waals surface area contributed by atoms with Crippen LogP contribution in [0.15, 0.2) is 152 Å². The first-order chi connectivity index (χ1) is 62.7. The molecule has 4 fully saturated rings. The summed E-state index contributed by atoms with van der Waals surface area (Å²) < 4.78 is 59.3. The van der Waals surface area contributed by atoms with Crippen LogP contribution in [0, 0.1) is 51.4 Å². The summed E-state index contributed by atoms with van der Waals surface area (Å²) in [4.78, 5) is 86.2. The number of hydrogen-bond acceptors (Lipinski definition) is 29. The van der Waals surface area contributed by atoms with Gasteiger partial charge in [-0.3, -0.25) is 24.2 Å². The van der Waals surface area contributed by atoms with Crippen molar-refractivity contribution >= 4 is 64.8 Å². The van der Waals surface area contributed by atoms with Crippen molar-refractivity contribution in [1.82, 2.24) is 69.6 Å². The van der Waals surface area contributed by atoms with Gasteiger partial charge in [-0.15, -0.1) is 0 Å². The molecule has 7 aliphatic heterocycles. The fraction of sp³-hybridized carbons (Fsp3) is 0.352. The number of β-amino-alcohol motifs (C(OH)–C–C–N with tert-alkyl or cyclic N) is 4. The zero-order chi connectivity index (χ0) is 93.6. The van der Waals surface area contributed by atoms with Gasteiger partial charge in [-0.2, -0.15) is 36.2 Å². The summed E-state index contributed by atoms with van der Waals surface area (Å²) >= 11 is 6.23. The van der Waals surface area contributed by atoms with Gasteiger partial charge < -0.3 is 75.2 Å². The molecule has 4 aromatic carbocycles. The molecule has 10 N–H and O–H groups in total. The first-order valence-electron chi connectivity index (χ1n) is 41.8. The number of nitrogens with zero attached hydrogens (tertiary/aromatic N) is 19. The lowest BCUT2D eigenvalue weighted by molar-refractivity contribution is 0.0230. The van der Waals surface area contributed by atoms with Gasteiger partial charge in [0.2, 0.25) is 0 Å². The summed E-state index contributed by atoms with van der Waals surface area (Å²) in [6.07, 6.45) is 5.29. The lowest BCUT2D eigenvalue weighted by atomic mass is 10.0. The van der Waals surface area contributed by atoms with Crippen LogP contribution in [0.25, 0.3) is 45.1 Å². The van der Waals surface area contributed by atoms with Crippen molar-refractivity contribution in [1.29, 1.82) is 15.8 Å². The molecule has 131 heavy (non-hydrogen) atoms. The molecule has 4 saturated heterocycles. The van der Waals surface area contributed by atoms with Gasteiger partial charge in [0.1, 0.15) is 34.5 Å². The molecule has 18 rings (SSSR count). The zero-order valence-corrected chi connectivity index (χ0v) is 72.6. The predicted molar refractivity (Wildman–Crippen MR) is 467 cm³/mol. The maximum absolute atomic E-state index is 15.0. The topological polar surface area (TPSA) is 489 Å². The number of H-pyrrole nitrogens is 1. The van der Waals surface area contributed by atoms with Crippen LogP contribution < -0.4 is 24.9 Å². The van der Waals surface area contributed by atoms with Gasteiger partial charge in [0.15, 0.2) is 17.5 Å². The number of aromatic amines is 1. The molecule has 40 heteroatoms. The maximum Gasteiger partial charge on any atom is 0.417 e. The third-order valence-electron chi connectivity index (χ3n) is 22.3. The normalized spacial score (nSPS) is 19.4. The minimum atomic E-state index is -0.848. The number of fused-ring (bicyclic) bond motifs is 3. The second-order valence-corrected chi connectivity index (χ2v) is 34.2. The highest BCUT2D eigenvalue weighted by molar-refractivity contribution is 6.35. The maximum atomic E-state index is 15.0. The molecule has 8 atom stereocenters. The van der Waals surface area contributed by atoms with E-state index in [1.165, 1.54) is 81.7 Å². The van der Waals surface area contributed by atoms with E-state index in [4.69, 9.17) is 26.2 Å². The first-order valence-corrected chi connectivity index (χ1v) is 42.2. The number of hydrogen-bond donors (Lipinski definition) is 10. The highest BCUT2D eigenvalue weighted by atomic mass is 35.5. The van der Waals surface area contributed by atoms with Crippen molar-refractivity contribution in [3.63, 3.8) is 0 Å². The number of carbonyl (C=O) groups is 5. The van der Waals surface area contributed by atoms with Gasteiger partial charge in [-0.25, -0.2) is 56.9 Å². The predicted octanol–water partition coefficient (Wildman–Crippen LogP) is 8.40. The number of pyridine rings is 3. The molecular weight excluding hydrogens is 1720 g/mol. The second kappa shape index (κ2) is 39.5. The number of anilines is 4. The molecule has 7 aliphatic rings. The lowest BCUT2D eigenvalue weighted by Gasteiger charge is -2.23. The fourth-order valence-electron chi connectivity index (χ4n) is 16.4. The monoisotopic (exact) mass is 1810 g/mol. The van der Waals surface area contributed by atoms with E-state index >= 15 is 0 Å². The van der Waals surface area contributed by atoms with Crippen molar-refractivity contribution in [3.8, 4) is 63.4 Å². The van der Waals surface area contributed by atoms with E-state index in [9.17, 15) is 88.7 Å². The summed E-state index contributed by atoms with van der Waals surface area (Å²) in [5, 5.41) is 128. The minimum Gasteiger partial charge on any atom is -0.443 e. The van der Waals surface area contributed by atoms with Crippen molar-refractivity contribution in [2.24, 2.45) is 0 Å². The van der Waals surface area contributed by atoms with Crippen LogP contribution in [-0.2, 0) is 35.7 Å². The van der Waals surface area contributed by atoms with E-state index in [-0.39, 0.29) is 179 Å². The summed E-state index contributed by atoms with van der Waals surface area (Å²) in [5.41, 5.74) is 2.31. The Bertz CT molecular complexity index is 6230. The molecular formula is C91H93ClF3N21O15. The first kappa shape index (κ1) is 93.1. The molecule has 7 aromatic heterocycles. The number of rotatable bonds is 15. The number of aliphatic hydroxyl groups is 8. The molecule has 680 valence electrons. The fourth-order valence-corrected chi connectivity index (χ4v) is 16.7. The Morgan fingerprint density at radius 3 is 1.31 bits per heavy atom. The molecule has 0 bridgehead atoms. The Kier molecular flexibility index (Phi) is 28.1. The standard InChI is InChI=1S/C27H27FN6O5.C22H19FN6O3.C19H15ClFN3O3.C15H19N3O2.C8H13N3O2/c1-27(2,3)39-26(38)33-13-20-24(25(33)37)21(10-19(30-20)23-15(11-29)5-4-6-18(23)28)34-8-7-22(31-34)32-12-17(36)9-16(32)14-35;23-15-3-1-2-12(8-24)20(15)16-7-18(21-17(26-16)9-25-22(21)32)29-5-4-19(27-29)28-10-14(31)6-13(28)11-30;1-19(2,3)27-18(26)24-9-14-16(17(24)25)11(20)7-13(23-14)15-10(8-22)5-4-6-12(15)21;19-11-13-8-14(20)10-18(13)15-6-7-17(16-15)9-12-4-2-1-3-5-12;12-5-6-3-7(13)4-11(6)8-1-2-9-10-8/h4-8,10,16-17,35-36H,9,12-14H2,1-3H3;1-5,7,13-14,30-31H,6,9-11H2,(H,25,32);4-7H,9H2,1-3H3;1-7,13-14,19-20H,8-11H2;1-2,6-7,12-13H,3-5H2,(H,9,10)/t16-,17+;13-,14+;;13-,14+;6-,7+/m00.00/s1. The van der Waals surface area contributed by atoms with Crippen molar-refractivity contribution in [2.75, 3.05) is 72.2 Å². The van der Waals surface area contributed by atoms with Crippen molar-refractivity contribution in [3.05, 3.63) is 231 Å². The van der Waals surface area contributed by atoms with Gasteiger partial charge in [0.05, 0.1) is 226 Å². The summed E-state index contributed by atoms with van der Waals surface area (Å²) in [5.74, 6) is -0.813. The number of imide groups is 2. The lowest BCUT2D eigenvalue weighted by Crippen LogP contribution is -2.37. The van der Waals surface area contributed by atoms with E-state index < -0.39 is 64.9 Å². The number of benzene rings is 4. The molecule has 0 radical (unpaired) electrons. The SMILES string of the molecule is CC(C)(C)OC(=O)N1Cc2nc(-c3c(F)cccc3C#N)cc(-n3ccc(N4C[C@H](O)C[C@H]4CO)n3)c2C1=O.CC(C)(C)OC(=O)N1Cc2nc(-c3c(F)cccc3C#N)cc(Cl)c2C1=O.N#Cc1cccc(F)c1-c1cc(-n2ccc(N3C[C@H](O)C[C@H]3CO)n2)c2c(n1)CNC2=O.OC[C@@H]1C[C@@H](O)CN1c1ccn(Cc2ccccc2)n1.OC[C@@H]1C[C@@H](O)CN1c1ccn[nH]1. The number of ether oxygens (including phenoxy) is 2. The highest BCUT2D eigenvalue weighted by Crippen LogP contribution is 2.40. The molecule has 14 heterocycles. The molecule has 0 saturated carbocycles. The van der Waals surface area contributed by atoms with E-state index in [2.05, 4.69) is 57.9 Å². The number of halogens is 4. The molecule has 36 nitrogen and oxygen atoms in total. The summed E-state index contributed by atoms with van der Waals surface area (Å²) in [7, 11) is 0. The van der Waals surface area contributed by atoms with Gasteiger partial charge in [0, 0.05) is 69.0 Å². The van der Waals surface area contributed by atoms with Gasteiger partial charge >= 0.3 is 12.2 Å². The van der Waals surface area contributed by atoms with Gasteiger partial charge in [0.25, 0.3) is 17.7 Å². The van der Waals surface area contributed by atoms with E-state index in [1.54, 1.807) is 83.2 Å². The Morgan fingerprint density at radius 2 is 0.885 bits per heavy atom. The van der Waals surface area contributed by atoms with E-state index in [0.29, 0.717) is 73.9 Å². The summed E-state index contributed by atoms with van der Waals surface area (Å²) in [6, 6.07) is 39.3. The number of aliphatic hydroxyl groups excluding tert-OH is 8. The van der Waals surface area contributed by atoms with E-state index in [1.807, 2.05) is 74.1 Å². The van der Waals surface area contributed by atoms with Crippen molar-refractivity contribution < 1.29 is 87.5 Å². The van der Waals surface area contributed by atoms with Crippen LogP contribution in [-0.4, -0.2) is 247 Å². The van der Waals surface area contributed by atoms with Gasteiger partial charge in [-0.05, 0) is 127 Å². The largest absolute Gasteiger partial charge is 0.443 e. The molecule has 0 aliphatic carbocycles. The Labute approximate surface area is 753 Å². The Balaban J connectivity index is 0.000000137. The molecule has 0 spiro atoms. The highest BCUT2D eigenvalue weighted by Gasteiger charge is 2.43. The van der Waals surface area contributed by atoms with Crippen molar-refractivity contribution in [2.45, 2.75) is 153 Å². The minimum absolute atomic E-state index is 0.00660. The molecule has 0 unspecified atom stereocenters. The number of nitriles is 3. The molecule has 11 aromatic rings. The third-order valence-corrected chi connectivity index (χ3v) is 22.6. The zero-order valence-electron chi connectivity index (χ0n) is 71.8. The Hall–Kier alpha value is -14.1. The number of amides is 5. The van der Waals surface area contributed by atoms with Gasteiger partial charge in [-0.1, -0.05) is 60.1 Å². The average molecular weight is 1810 g/mol. The third kappa shape index (κ3) is 20.5. The van der Waals surface area contributed by atoms with Crippen LogP contribution in [0.5, 0.6) is 0 Å². The van der Waals surface area contributed by atoms with Crippen LogP contribution in [0.1, 0.15) is 138 Å². The number of aromatic nitrogens is 11. The van der Waals surface area contributed by atoms with E-state index in [0.717, 1.165) is 28.0 Å². The second-order valence-electron chi connectivity index (χ2n) is 33.8. The number of nitrogens with one attached hydrogen (secondary N) is 2.